The molecule has 6 nitrogen and oxygen atoms in total. The summed E-state index contributed by atoms with van der Waals surface area (Å²) in [4.78, 5) is 17.2. The number of guanidine groups is 1. The van der Waals surface area contributed by atoms with Gasteiger partial charge in [-0.3, -0.25) is 14.7 Å². The molecule has 0 aromatic heterocycles. The number of carbonyl (C=O) groups excluding carboxylic acids is 1. The fourth-order valence-electron chi connectivity index (χ4n) is 2.67. The van der Waals surface area contributed by atoms with Crippen LogP contribution < -0.4 is 16.0 Å². The van der Waals surface area contributed by atoms with Gasteiger partial charge in [0, 0.05) is 31.9 Å². The first-order chi connectivity index (χ1) is 12.2. The van der Waals surface area contributed by atoms with Crippen molar-refractivity contribution in [2.75, 3.05) is 38.5 Å². The van der Waals surface area contributed by atoms with E-state index < -0.39 is 24.4 Å². The topological polar surface area (TPSA) is 68.8 Å². The standard InChI is InChI=1S/C16H21F4N5O/c1-21-15(24-13-5-6-25(9-13)10-16(18,19)20)22-8-14(26)23-12-4-2-3-11(17)7-12/h2-4,7,13H,5-6,8-10H2,1H3,(H,23,26)(H2,21,22,24). The maximum absolute atomic E-state index is 13.1. The summed E-state index contributed by atoms with van der Waals surface area (Å²) in [5, 5.41) is 8.32. The fraction of sp³-hybridized carbons (Fsp3) is 0.500. The Hall–Kier alpha value is -2.36. The third-order valence-corrected chi connectivity index (χ3v) is 3.76. The minimum atomic E-state index is -4.22. The highest BCUT2D eigenvalue weighted by Crippen LogP contribution is 2.19. The zero-order valence-corrected chi connectivity index (χ0v) is 14.2. The van der Waals surface area contributed by atoms with E-state index in [0.29, 0.717) is 24.6 Å². The van der Waals surface area contributed by atoms with Gasteiger partial charge in [0.15, 0.2) is 5.96 Å². The summed E-state index contributed by atoms with van der Waals surface area (Å²) in [6.07, 6.45) is -3.67. The lowest BCUT2D eigenvalue weighted by atomic mass is 10.3. The SMILES string of the molecule is CN=C(NCC(=O)Nc1cccc(F)c1)NC1CCN(CC(F)(F)F)C1. The van der Waals surface area contributed by atoms with Crippen molar-refractivity contribution in [1.82, 2.24) is 15.5 Å². The molecule has 1 saturated heterocycles. The summed E-state index contributed by atoms with van der Waals surface area (Å²) in [7, 11) is 1.50. The van der Waals surface area contributed by atoms with Crippen LogP contribution in [0.25, 0.3) is 0 Å². The van der Waals surface area contributed by atoms with Crippen LogP contribution in [0.2, 0.25) is 0 Å². The highest BCUT2D eigenvalue weighted by molar-refractivity contribution is 5.95. The van der Waals surface area contributed by atoms with Gasteiger partial charge in [0.1, 0.15) is 5.82 Å². The molecule has 0 saturated carbocycles. The third-order valence-electron chi connectivity index (χ3n) is 3.76. The molecule has 1 aromatic carbocycles. The lowest BCUT2D eigenvalue weighted by Crippen LogP contribution is -2.47. The Morgan fingerprint density at radius 2 is 2.15 bits per heavy atom. The number of rotatable bonds is 5. The summed E-state index contributed by atoms with van der Waals surface area (Å²) in [6.45, 7) is -0.466. The van der Waals surface area contributed by atoms with Crippen LogP contribution in [-0.2, 0) is 4.79 Å². The van der Waals surface area contributed by atoms with E-state index in [1.54, 1.807) is 6.07 Å². The number of alkyl halides is 3. The number of benzene rings is 1. The second kappa shape index (κ2) is 8.84. The zero-order chi connectivity index (χ0) is 19.2. The van der Waals surface area contributed by atoms with Gasteiger partial charge >= 0.3 is 6.18 Å². The molecule has 1 atom stereocenters. The van der Waals surface area contributed by atoms with Crippen LogP contribution in [-0.4, -0.2) is 62.2 Å². The molecule has 144 valence electrons. The summed E-state index contributed by atoms with van der Waals surface area (Å²) < 4.78 is 50.3. The maximum atomic E-state index is 13.1. The molecule has 0 radical (unpaired) electrons. The predicted molar refractivity (Wildman–Crippen MR) is 90.4 cm³/mol. The Kier molecular flexibility index (Phi) is 6.78. The molecule has 1 fully saturated rings. The van der Waals surface area contributed by atoms with Gasteiger partial charge < -0.3 is 16.0 Å². The molecule has 1 unspecified atom stereocenters. The van der Waals surface area contributed by atoms with E-state index in [-0.39, 0.29) is 19.1 Å². The number of aliphatic imine (C=N–C) groups is 1. The first-order valence-corrected chi connectivity index (χ1v) is 8.07. The van der Waals surface area contributed by atoms with Gasteiger partial charge in [0.05, 0.1) is 13.1 Å². The van der Waals surface area contributed by atoms with Gasteiger partial charge in [-0.2, -0.15) is 13.2 Å². The average molecular weight is 375 g/mol. The van der Waals surface area contributed by atoms with Crippen LogP contribution in [0.1, 0.15) is 6.42 Å². The molecule has 26 heavy (non-hydrogen) atoms. The summed E-state index contributed by atoms with van der Waals surface area (Å²) in [5.74, 6) is -0.542. The lowest BCUT2D eigenvalue weighted by Gasteiger charge is -2.19. The van der Waals surface area contributed by atoms with Crippen molar-refractivity contribution < 1.29 is 22.4 Å². The molecule has 1 aliphatic rings. The van der Waals surface area contributed by atoms with Gasteiger partial charge in [0.25, 0.3) is 0 Å². The second-order valence-corrected chi connectivity index (χ2v) is 5.96. The van der Waals surface area contributed by atoms with E-state index in [1.807, 2.05) is 0 Å². The number of halogens is 4. The molecule has 1 heterocycles. The Balaban J connectivity index is 1.75. The zero-order valence-electron chi connectivity index (χ0n) is 14.2. The normalized spacial score (nSPS) is 18.7. The van der Waals surface area contributed by atoms with E-state index >= 15 is 0 Å². The molecule has 2 rings (SSSR count). The van der Waals surface area contributed by atoms with Crippen LogP contribution in [0.4, 0.5) is 23.2 Å². The summed E-state index contributed by atoms with van der Waals surface area (Å²) >= 11 is 0. The van der Waals surface area contributed by atoms with Gasteiger partial charge in [-0.25, -0.2) is 4.39 Å². The van der Waals surface area contributed by atoms with E-state index in [4.69, 9.17) is 0 Å². The number of amides is 1. The van der Waals surface area contributed by atoms with Gasteiger partial charge in [-0.1, -0.05) is 6.07 Å². The van der Waals surface area contributed by atoms with E-state index in [2.05, 4.69) is 20.9 Å². The van der Waals surface area contributed by atoms with Crippen LogP contribution in [0.15, 0.2) is 29.3 Å². The second-order valence-electron chi connectivity index (χ2n) is 5.96. The minimum Gasteiger partial charge on any atom is -0.352 e. The smallest absolute Gasteiger partial charge is 0.352 e. The number of likely N-dealkylation sites (tertiary alicyclic amines) is 1. The molecule has 1 aliphatic heterocycles. The summed E-state index contributed by atoms with van der Waals surface area (Å²) in [5.41, 5.74) is 0.332. The molecule has 0 aliphatic carbocycles. The lowest BCUT2D eigenvalue weighted by molar-refractivity contribution is -0.143. The molecule has 0 spiro atoms. The van der Waals surface area contributed by atoms with E-state index in [9.17, 15) is 22.4 Å². The van der Waals surface area contributed by atoms with Crippen molar-refractivity contribution in [1.29, 1.82) is 0 Å². The van der Waals surface area contributed by atoms with E-state index in [0.717, 1.165) is 0 Å². The Morgan fingerprint density at radius 3 is 2.81 bits per heavy atom. The Morgan fingerprint density at radius 1 is 1.38 bits per heavy atom. The third kappa shape index (κ3) is 6.87. The first-order valence-electron chi connectivity index (χ1n) is 8.07. The largest absolute Gasteiger partial charge is 0.401 e. The van der Waals surface area contributed by atoms with Crippen LogP contribution >= 0.6 is 0 Å². The van der Waals surface area contributed by atoms with Crippen molar-refractivity contribution >= 4 is 17.6 Å². The van der Waals surface area contributed by atoms with Crippen molar-refractivity contribution in [2.45, 2.75) is 18.6 Å². The van der Waals surface area contributed by atoms with Gasteiger partial charge in [-0.05, 0) is 24.6 Å². The molecule has 0 bridgehead atoms. The number of hydrogen-bond acceptors (Lipinski definition) is 3. The van der Waals surface area contributed by atoms with E-state index in [1.165, 1.54) is 30.1 Å². The van der Waals surface area contributed by atoms with Gasteiger partial charge in [0.2, 0.25) is 5.91 Å². The van der Waals surface area contributed by atoms with Crippen molar-refractivity contribution in [2.24, 2.45) is 4.99 Å². The van der Waals surface area contributed by atoms with Gasteiger partial charge in [-0.15, -0.1) is 0 Å². The fourth-order valence-corrected chi connectivity index (χ4v) is 2.67. The summed E-state index contributed by atoms with van der Waals surface area (Å²) in [6, 6.07) is 5.31. The monoisotopic (exact) mass is 375 g/mol. The first kappa shape index (κ1) is 20.0. The Bertz CT molecular complexity index is 650. The number of carbonyl (C=O) groups is 1. The average Bonchev–Trinajstić information content (AvgIpc) is 2.96. The van der Waals surface area contributed by atoms with Crippen LogP contribution in [0.5, 0.6) is 0 Å². The van der Waals surface area contributed by atoms with Crippen molar-refractivity contribution in [3.63, 3.8) is 0 Å². The predicted octanol–water partition coefficient (Wildman–Crippen LogP) is 1.57. The maximum Gasteiger partial charge on any atom is 0.401 e. The molecule has 10 heteroatoms. The Labute approximate surface area is 148 Å². The molecule has 1 aromatic rings. The number of nitrogens with one attached hydrogen (secondary N) is 3. The number of nitrogens with zero attached hydrogens (tertiary/aromatic N) is 2. The highest BCUT2D eigenvalue weighted by Gasteiger charge is 2.34. The highest BCUT2D eigenvalue weighted by atomic mass is 19.4. The number of anilines is 1. The molecular weight excluding hydrogens is 354 g/mol. The molecular formula is C16H21F4N5O. The molecule has 1 amide bonds. The molecule has 3 N–H and O–H groups in total. The van der Waals surface area contributed by atoms with Crippen molar-refractivity contribution in [3.05, 3.63) is 30.1 Å². The van der Waals surface area contributed by atoms with Crippen molar-refractivity contribution in [3.8, 4) is 0 Å². The van der Waals surface area contributed by atoms with Crippen LogP contribution in [0.3, 0.4) is 0 Å². The number of hydrogen-bond donors (Lipinski definition) is 3. The minimum absolute atomic E-state index is 0.116. The quantitative estimate of drug-likeness (QED) is 0.415. The van der Waals surface area contributed by atoms with Crippen LogP contribution in [0, 0.1) is 5.82 Å².